The Bertz CT molecular complexity index is 232. The van der Waals surface area contributed by atoms with Gasteiger partial charge in [0.1, 0.15) is 0 Å². The van der Waals surface area contributed by atoms with E-state index in [-0.39, 0.29) is 0 Å². The third kappa shape index (κ3) is 1.96. The Morgan fingerprint density at radius 3 is 2.45 bits per heavy atom. The second-order valence-electron chi connectivity index (χ2n) is 3.09. The van der Waals surface area contributed by atoms with E-state index in [4.69, 9.17) is 16.1 Å². The number of rotatable bonds is 2. The molecule has 0 radical (unpaired) electrons. The molecule has 0 saturated heterocycles. The second kappa shape index (κ2) is 3.26. The molecule has 1 aromatic heterocycles. The molecule has 1 aromatic rings. The van der Waals surface area contributed by atoms with Gasteiger partial charge in [-0.15, -0.1) is 0 Å². The van der Waals surface area contributed by atoms with Crippen LogP contribution >= 0.6 is 11.6 Å². The van der Waals surface area contributed by atoms with Gasteiger partial charge in [0.2, 0.25) is 5.22 Å². The molecule has 0 saturated carbocycles. The van der Waals surface area contributed by atoms with Crippen molar-refractivity contribution >= 4 is 11.6 Å². The predicted octanol–water partition coefficient (Wildman–Crippen LogP) is 3.09. The molecule has 0 aromatic carbocycles. The van der Waals surface area contributed by atoms with Crippen LogP contribution in [0.1, 0.15) is 32.4 Å². The van der Waals surface area contributed by atoms with Gasteiger partial charge in [-0.05, 0) is 17.5 Å². The van der Waals surface area contributed by atoms with Crippen LogP contribution in [0.3, 0.4) is 0 Å². The third-order valence-corrected chi connectivity index (χ3v) is 2.14. The summed E-state index contributed by atoms with van der Waals surface area (Å²) in [5.74, 6) is 0.974. The summed E-state index contributed by atoms with van der Waals surface area (Å²) in [6.45, 7) is 6.40. The van der Waals surface area contributed by atoms with Crippen molar-refractivity contribution in [3.63, 3.8) is 0 Å². The fraction of sp³-hybridized carbons (Fsp3) is 0.625. The molecule has 1 atom stereocenters. The zero-order valence-corrected chi connectivity index (χ0v) is 7.72. The number of aromatic nitrogens is 1. The quantitative estimate of drug-likeness (QED) is 0.687. The first-order valence-corrected chi connectivity index (χ1v) is 4.11. The van der Waals surface area contributed by atoms with Crippen LogP contribution in [0, 0.1) is 5.92 Å². The highest BCUT2D eigenvalue weighted by molar-refractivity contribution is 6.28. The van der Waals surface area contributed by atoms with Crippen LogP contribution in [-0.2, 0) is 0 Å². The van der Waals surface area contributed by atoms with E-state index in [1.54, 1.807) is 6.07 Å². The van der Waals surface area contributed by atoms with E-state index in [1.807, 2.05) is 0 Å². The van der Waals surface area contributed by atoms with Gasteiger partial charge in [0.05, 0.1) is 5.69 Å². The normalized spacial score (nSPS) is 13.9. The molecule has 1 rings (SSSR count). The maximum Gasteiger partial charge on any atom is 0.226 e. The monoisotopic (exact) mass is 173 g/mol. The van der Waals surface area contributed by atoms with Crippen LogP contribution in [0.15, 0.2) is 10.6 Å². The van der Waals surface area contributed by atoms with Crippen LogP contribution in [0.4, 0.5) is 0 Å². The molecule has 0 aliphatic rings. The Kier molecular flexibility index (Phi) is 2.55. The minimum absolute atomic E-state index is 0.368. The van der Waals surface area contributed by atoms with Gasteiger partial charge < -0.3 is 4.52 Å². The lowest BCUT2D eigenvalue weighted by atomic mass is 9.95. The molecule has 0 N–H and O–H groups in total. The molecule has 0 spiro atoms. The SMILES string of the molecule is CC(C)C(C)c1cc(Cl)on1. The summed E-state index contributed by atoms with van der Waals surface area (Å²) in [4.78, 5) is 0. The Labute approximate surface area is 71.5 Å². The van der Waals surface area contributed by atoms with Gasteiger partial charge in [-0.2, -0.15) is 0 Å². The fourth-order valence-corrected chi connectivity index (χ4v) is 0.968. The first-order valence-electron chi connectivity index (χ1n) is 3.73. The van der Waals surface area contributed by atoms with Gasteiger partial charge in [-0.1, -0.05) is 25.9 Å². The van der Waals surface area contributed by atoms with Gasteiger partial charge in [0, 0.05) is 12.0 Å². The molecule has 0 fully saturated rings. The summed E-state index contributed by atoms with van der Waals surface area (Å²) < 4.78 is 4.75. The molecule has 0 aliphatic heterocycles. The zero-order chi connectivity index (χ0) is 8.43. The van der Waals surface area contributed by atoms with E-state index in [0.29, 0.717) is 17.1 Å². The van der Waals surface area contributed by atoms with Gasteiger partial charge in [-0.25, -0.2) is 0 Å². The van der Waals surface area contributed by atoms with Crippen LogP contribution in [-0.4, -0.2) is 5.16 Å². The number of hydrogen-bond donors (Lipinski definition) is 0. The minimum Gasteiger partial charge on any atom is -0.344 e. The summed E-state index contributed by atoms with van der Waals surface area (Å²) in [7, 11) is 0. The standard InChI is InChI=1S/C8H12ClNO/c1-5(2)6(3)7-4-8(9)11-10-7/h4-6H,1-3H3. The highest BCUT2D eigenvalue weighted by Crippen LogP contribution is 2.24. The summed E-state index contributed by atoms with van der Waals surface area (Å²) in [6, 6.07) is 1.77. The summed E-state index contributed by atoms with van der Waals surface area (Å²) >= 11 is 5.58. The van der Waals surface area contributed by atoms with Crippen LogP contribution in [0.2, 0.25) is 5.22 Å². The van der Waals surface area contributed by atoms with E-state index in [2.05, 4.69) is 25.9 Å². The molecule has 11 heavy (non-hydrogen) atoms. The Hall–Kier alpha value is -0.500. The van der Waals surface area contributed by atoms with Crippen LogP contribution in [0.25, 0.3) is 0 Å². The van der Waals surface area contributed by atoms with E-state index in [0.717, 1.165) is 5.69 Å². The first-order chi connectivity index (χ1) is 5.11. The second-order valence-corrected chi connectivity index (χ2v) is 3.46. The average molecular weight is 174 g/mol. The van der Waals surface area contributed by atoms with Gasteiger partial charge >= 0.3 is 0 Å². The van der Waals surface area contributed by atoms with Crippen molar-refractivity contribution in [1.82, 2.24) is 5.16 Å². The molecule has 62 valence electrons. The van der Waals surface area contributed by atoms with Crippen molar-refractivity contribution in [1.29, 1.82) is 0 Å². The molecule has 0 amide bonds. The number of nitrogens with zero attached hydrogens (tertiary/aromatic N) is 1. The van der Waals surface area contributed by atoms with Crippen molar-refractivity contribution in [2.45, 2.75) is 26.7 Å². The largest absolute Gasteiger partial charge is 0.344 e. The lowest BCUT2D eigenvalue weighted by molar-refractivity contribution is 0.396. The maximum absolute atomic E-state index is 5.58. The Morgan fingerprint density at radius 1 is 1.45 bits per heavy atom. The van der Waals surface area contributed by atoms with Gasteiger partial charge in [0.25, 0.3) is 0 Å². The number of halogens is 1. The lowest BCUT2D eigenvalue weighted by Crippen LogP contribution is -2.01. The summed E-state index contributed by atoms with van der Waals surface area (Å²) in [6.07, 6.45) is 0. The third-order valence-electron chi connectivity index (χ3n) is 1.97. The fourth-order valence-electron chi connectivity index (χ4n) is 0.821. The average Bonchev–Trinajstić information content (AvgIpc) is 2.34. The Balaban J connectivity index is 2.76. The van der Waals surface area contributed by atoms with Crippen molar-refractivity contribution in [2.75, 3.05) is 0 Å². The van der Waals surface area contributed by atoms with Gasteiger partial charge in [0.15, 0.2) is 0 Å². The van der Waals surface area contributed by atoms with E-state index < -0.39 is 0 Å². The molecule has 0 bridgehead atoms. The Morgan fingerprint density at radius 2 is 2.09 bits per heavy atom. The molecular weight excluding hydrogens is 162 g/mol. The van der Waals surface area contributed by atoms with Crippen LogP contribution < -0.4 is 0 Å². The maximum atomic E-state index is 5.58. The summed E-state index contributed by atoms with van der Waals surface area (Å²) in [5.41, 5.74) is 0.935. The van der Waals surface area contributed by atoms with E-state index >= 15 is 0 Å². The molecule has 3 heteroatoms. The molecule has 1 unspecified atom stereocenters. The predicted molar refractivity (Wildman–Crippen MR) is 44.8 cm³/mol. The highest BCUT2D eigenvalue weighted by atomic mass is 35.5. The topological polar surface area (TPSA) is 26.0 Å². The van der Waals surface area contributed by atoms with Gasteiger partial charge in [-0.3, -0.25) is 0 Å². The van der Waals surface area contributed by atoms with Crippen molar-refractivity contribution < 1.29 is 4.52 Å². The lowest BCUT2D eigenvalue weighted by Gasteiger charge is -2.10. The molecular formula is C8H12ClNO. The summed E-state index contributed by atoms with van der Waals surface area (Å²) in [5, 5.41) is 4.20. The molecule has 0 aliphatic carbocycles. The molecule has 2 nitrogen and oxygen atoms in total. The minimum atomic E-state index is 0.368. The van der Waals surface area contributed by atoms with Crippen molar-refractivity contribution in [3.8, 4) is 0 Å². The number of hydrogen-bond acceptors (Lipinski definition) is 2. The van der Waals surface area contributed by atoms with Crippen molar-refractivity contribution in [2.24, 2.45) is 5.92 Å². The first kappa shape index (κ1) is 8.60. The highest BCUT2D eigenvalue weighted by Gasteiger charge is 2.13. The van der Waals surface area contributed by atoms with Crippen LogP contribution in [0.5, 0.6) is 0 Å². The van der Waals surface area contributed by atoms with E-state index in [1.165, 1.54) is 0 Å². The van der Waals surface area contributed by atoms with Crippen molar-refractivity contribution in [3.05, 3.63) is 17.0 Å². The zero-order valence-electron chi connectivity index (χ0n) is 6.97. The molecule has 1 heterocycles. The smallest absolute Gasteiger partial charge is 0.226 e. The van der Waals surface area contributed by atoms with E-state index in [9.17, 15) is 0 Å².